The van der Waals surface area contributed by atoms with Gasteiger partial charge in [0.2, 0.25) is 5.91 Å². The molecule has 0 aliphatic heterocycles. The molecule has 0 fully saturated rings. The lowest BCUT2D eigenvalue weighted by Gasteiger charge is -2.28. The maximum Gasteiger partial charge on any atom is 0.407 e. The zero-order chi connectivity index (χ0) is 24.7. The van der Waals surface area contributed by atoms with Crippen LogP contribution >= 0.6 is 0 Å². The number of alkyl carbamates (subject to hydrolysis) is 1. The minimum Gasteiger partial charge on any atom is -0.481 e. The van der Waals surface area contributed by atoms with Crippen LogP contribution in [0.3, 0.4) is 0 Å². The van der Waals surface area contributed by atoms with Crippen molar-refractivity contribution in [3.63, 3.8) is 0 Å². The van der Waals surface area contributed by atoms with Gasteiger partial charge in [-0.3, -0.25) is 9.59 Å². The van der Waals surface area contributed by atoms with Gasteiger partial charge in [-0.05, 0) is 42.0 Å². The summed E-state index contributed by atoms with van der Waals surface area (Å²) in [4.78, 5) is 37.8. The maximum atomic E-state index is 12.7. The number of carbonyl (C=O) groups is 3. The van der Waals surface area contributed by atoms with E-state index in [1.54, 1.807) is 11.8 Å². The molecule has 0 saturated carbocycles. The SMILES string of the molecule is CCC(CNC(=O)OCC1c2ccccc2-c2ccccc21)CC(=O)N(CC)C(C)CC(=O)O. The van der Waals surface area contributed by atoms with Gasteiger partial charge in [0.25, 0.3) is 0 Å². The van der Waals surface area contributed by atoms with Gasteiger partial charge in [0.1, 0.15) is 6.61 Å². The van der Waals surface area contributed by atoms with Gasteiger partial charge in [-0.2, -0.15) is 0 Å². The van der Waals surface area contributed by atoms with Gasteiger partial charge in [-0.15, -0.1) is 0 Å². The van der Waals surface area contributed by atoms with Crippen molar-refractivity contribution in [2.75, 3.05) is 19.7 Å². The molecule has 0 radical (unpaired) electrons. The number of carboxylic acid groups (broad SMARTS) is 1. The van der Waals surface area contributed by atoms with Crippen LogP contribution in [0, 0.1) is 5.92 Å². The highest BCUT2D eigenvalue weighted by molar-refractivity contribution is 5.79. The summed E-state index contributed by atoms with van der Waals surface area (Å²) in [6.07, 6.45) is 0.367. The Morgan fingerprint density at radius 1 is 1.00 bits per heavy atom. The molecule has 2 unspecified atom stereocenters. The highest BCUT2D eigenvalue weighted by Gasteiger charge is 2.29. The summed E-state index contributed by atoms with van der Waals surface area (Å²) >= 11 is 0. The summed E-state index contributed by atoms with van der Waals surface area (Å²) in [5.74, 6) is -1.09. The number of fused-ring (bicyclic) bond motifs is 3. The molecule has 182 valence electrons. The van der Waals surface area contributed by atoms with Crippen LogP contribution in [-0.2, 0) is 14.3 Å². The molecule has 2 aromatic carbocycles. The third-order valence-electron chi connectivity index (χ3n) is 6.58. The number of benzene rings is 2. The second-order valence-electron chi connectivity index (χ2n) is 8.81. The van der Waals surface area contributed by atoms with Crippen molar-refractivity contribution in [2.45, 2.75) is 52.0 Å². The van der Waals surface area contributed by atoms with E-state index < -0.39 is 12.1 Å². The van der Waals surface area contributed by atoms with E-state index in [0.29, 0.717) is 19.5 Å². The Balaban J connectivity index is 1.52. The lowest BCUT2D eigenvalue weighted by atomic mass is 9.98. The molecule has 0 spiro atoms. The highest BCUT2D eigenvalue weighted by Crippen LogP contribution is 2.44. The summed E-state index contributed by atoms with van der Waals surface area (Å²) in [6, 6.07) is 16.0. The van der Waals surface area contributed by atoms with E-state index in [2.05, 4.69) is 29.6 Å². The van der Waals surface area contributed by atoms with Gasteiger partial charge in [-0.1, -0.05) is 61.9 Å². The van der Waals surface area contributed by atoms with Gasteiger partial charge in [-0.25, -0.2) is 4.79 Å². The van der Waals surface area contributed by atoms with Crippen LogP contribution in [0.2, 0.25) is 0 Å². The Morgan fingerprint density at radius 2 is 1.59 bits per heavy atom. The monoisotopic (exact) mass is 466 g/mol. The van der Waals surface area contributed by atoms with Crippen LogP contribution < -0.4 is 5.32 Å². The molecule has 0 heterocycles. The van der Waals surface area contributed by atoms with E-state index in [-0.39, 0.29) is 43.2 Å². The van der Waals surface area contributed by atoms with Crippen molar-refractivity contribution < 1.29 is 24.2 Å². The molecule has 7 heteroatoms. The summed E-state index contributed by atoms with van der Waals surface area (Å²) in [5, 5.41) is 11.8. The van der Waals surface area contributed by atoms with Gasteiger partial charge in [0.05, 0.1) is 6.42 Å². The zero-order valence-corrected chi connectivity index (χ0v) is 20.1. The predicted molar refractivity (Wildman–Crippen MR) is 131 cm³/mol. The molecular weight excluding hydrogens is 432 g/mol. The third kappa shape index (κ3) is 5.95. The van der Waals surface area contributed by atoms with E-state index >= 15 is 0 Å². The molecule has 7 nitrogen and oxygen atoms in total. The van der Waals surface area contributed by atoms with Crippen LogP contribution in [-0.4, -0.2) is 53.7 Å². The fourth-order valence-corrected chi connectivity index (χ4v) is 4.70. The fraction of sp³-hybridized carbons (Fsp3) is 0.444. The molecule has 0 saturated heterocycles. The Hall–Kier alpha value is -3.35. The Kier molecular flexibility index (Phi) is 8.68. The van der Waals surface area contributed by atoms with E-state index in [0.717, 1.165) is 11.1 Å². The van der Waals surface area contributed by atoms with Crippen molar-refractivity contribution in [3.8, 4) is 11.1 Å². The summed E-state index contributed by atoms with van der Waals surface area (Å²) in [7, 11) is 0. The van der Waals surface area contributed by atoms with Gasteiger partial charge in [0.15, 0.2) is 0 Å². The second-order valence-corrected chi connectivity index (χ2v) is 8.81. The standard InChI is InChI=1S/C27H34N2O5/c1-4-19(15-25(30)29(5-2)18(3)14-26(31)32)16-28-27(33)34-17-24-22-12-8-6-10-20(22)21-11-7-9-13-23(21)24/h6-13,18-19,24H,4-5,14-17H2,1-3H3,(H,28,33)(H,31,32). The first-order valence-electron chi connectivity index (χ1n) is 12.0. The van der Waals surface area contributed by atoms with E-state index in [4.69, 9.17) is 9.84 Å². The summed E-state index contributed by atoms with van der Waals surface area (Å²) in [6.45, 7) is 6.56. The average Bonchev–Trinajstić information content (AvgIpc) is 3.14. The average molecular weight is 467 g/mol. The van der Waals surface area contributed by atoms with Gasteiger partial charge in [0, 0.05) is 31.5 Å². The molecule has 2 aromatic rings. The molecule has 34 heavy (non-hydrogen) atoms. The molecule has 2 N–H and O–H groups in total. The molecule has 2 amide bonds. The van der Waals surface area contributed by atoms with E-state index in [1.165, 1.54) is 11.1 Å². The number of nitrogens with zero attached hydrogens (tertiary/aromatic N) is 1. The minimum atomic E-state index is -0.928. The second kappa shape index (κ2) is 11.7. The quantitative estimate of drug-likeness (QED) is 0.502. The van der Waals surface area contributed by atoms with Crippen LogP contribution in [0.4, 0.5) is 4.79 Å². The molecule has 3 rings (SSSR count). The van der Waals surface area contributed by atoms with Crippen molar-refractivity contribution in [3.05, 3.63) is 59.7 Å². The molecule has 1 aliphatic rings. The largest absolute Gasteiger partial charge is 0.481 e. The smallest absolute Gasteiger partial charge is 0.407 e. The summed E-state index contributed by atoms with van der Waals surface area (Å²) in [5.41, 5.74) is 4.66. The normalized spacial score (nSPS) is 14.0. The maximum absolute atomic E-state index is 12.7. The fourth-order valence-electron chi connectivity index (χ4n) is 4.70. The first-order chi connectivity index (χ1) is 16.3. The number of amides is 2. The Labute approximate surface area is 201 Å². The van der Waals surface area contributed by atoms with E-state index in [9.17, 15) is 14.4 Å². The third-order valence-corrected chi connectivity index (χ3v) is 6.58. The van der Waals surface area contributed by atoms with Gasteiger partial charge < -0.3 is 20.1 Å². The van der Waals surface area contributed by atoms with Crippen LogP contribution in [0.15, 0.2) is 48.5 Å². The van der Waals surface area contributed by atoms with Crippen LogP contribution in [0.5, 0.6) is 0 Å². The first kappa shape index (κ1) is 25.3. The number of hydrogen-bond donors (Lipinski definition) is 2. The number of rotatable bonds is 11. The molecular formula is C27H34N2O5. The highest BCUT2D eigenvalue weighted by atomic mass is 16.5. The first-order valence-corrected chi connectivity index (χ1v) is 12.0. The number of aliphatic carboxylic acids is 1. The molecule has 0 bridgehead atoms. The Morgan fingerprint density at radius 3 is 2.12 bits per heavy atom. The number of carboxylic acids is 1. The van der Waals surface area contributed by atoms with E-state index in [1.807, 2.05) is 38.1 Å². The topological polar surface area (TPSA) is 95.9 Å². The Bertz CT molecular complexity index is 976. The number of carbonyl (C=O) groups excluding carboxylic acids is 2. The van der Waals surface area contributed by atoms with Gasteiger partial charge >= 0.3 is 12.1 Å². The molecule has 0 aromatic heterocycles. The lowest BCUT2D eigenvalue weighted by Crippen LogP contribution is -2.41. The van der Waals surface area contributed by atoms with Crippen molar-refractivity contribution >= 4 is 18.0 Å². The van der Waals surface area contributed by atoms with Crippen molar-refractivity contribution in [2.24, 2.45) is 5.92 Å². The summed E-state index contributed by atoms with van der Waals surface area (Å²) < 4.78 is 5.58. The van der Waals surface area contributed by atoms with Crippen molar-refractivity contribution in [1.82, 2.24) is 10.2 Å². The molecule has 2 atom stereocenters. The number of ether oxygens (including phenoxy) is 1. The van der Waals surface area contributed by atoms with Crippen LogP contribution in [0.25, 0.3) is 11.1 Å². The van der Waals surface area contributed by atoms with Crippen molar-refractivity contribution in [1.29, 1.82) is 0 Å². The zero-order valence-electron chi connectivity index (χ0n) is 20.1. The van der Waals surface area contributed by atoms with Crippen LogP contribution in [0.1, 0.15) is 57.1 Å². The lowest BCUT2D eigenvalue weighted by molar-refractivity contribution is -0.140. The predicted octanol–water partition coefficient (Wildman–Crippen LogP) is 4.65. The number of nitrogens with one attached hydrogen (secondary N) is 1. The molecule has 1 aliphatic carbocycles. The number of hydrogen-bond acceptors (Lipinski definition) is 4. The minimum absolute atomic E-state index is 0.00413.